The van der Waals surface area contributed by atoms with Gasteiger partial charge in [0.1, 0.15) is 5.75 Å². The van der Waals surface area contributed by atoms with Gasteiger partial charge >= 0.3 is 0 Å². The Balaban J connectivity index is 2.06. The zero-order chi connectivity index (χ0) is 20.3. The summed E-state index contributed by atoms with van der Waals surface area (Å²) in [6.07, 6.45) is 0. The summed E-state index contributed by atoms with van der Waals surface area (Å²) in [4.78, 5) is 17.8. The molecule has 3 rings (SSSR count). The molecule has 0 bridgehead atoms. The average Bonchev–Trinajstić information content (AvgIpc) is 2.67. The molecule has 1 aliphatic heterocycles. The van der Waals surface area contributed by atoms with Crippen molar-refractivity contribution in [3.8, 4) is 5.75 Å². The molecule has 1 atom stereocenters. The van der Waals surface area contributed by atoms with Crippen molar-refractivity contribution in [2.45, 2.75) is 33.4 Å². The molecule has 0 unspecified atom stereocenters. The van der Waals surface area contributed by atoms with Crippen molar-refractivity contribution in [2.24, 2.45) is 0 Å². The Labute approximate surface area is 166 Å². The number of aromatic hydroxyl groups is 1. The number of rotatable bonds is 6. The van der Waals surface area contributed by atoms with E-state index < -0.39 is 0 Å². The number of aromatic nitrogens is 1. The number of nitrogens with zero attached hydrogens (tertiary/aromatic N) is 3. The Morgan fingerprint density at radius 1 is 1.07 bits per heavy atom. The molecule has 2 aromatic rings. The highest BCUT2D eigenvalue weighted by molar-refractivity contribution is 5.41. The molecule has 1 aliphatic rings. The van der Waals surface area contributed by atoms with Gasteiger partial charge in [0.15, 0.2) is 0 Å². The molecule has 1 aromatic carbocycles. The third-order valence-electron chi connectivity index (χ3n) is 5.69. The van der Waals surface area contributed by atoms with Crippen LogP contribution in [-0.4, -0.2) is 63.9 Å². The molecule has 0 amide bonds. The molecule has 6 nitrogen and oxygen atoms in total. The minimum absolute atomic E-state index is 0.0653. The van der Waals surface area contributed by atoms with Crippen LogP contribution in [0.4, 0.5) is 0 Å². The van der Waals surface area contributed by atoms with Crippen LogP contribution in [0.1, 0.15) is 35.3 Å². The highest BCUT2D eigenvalue weighted by Crippen LogP contribution is 2.33. The summed E-state index contributed by atoms with van der Waals surface area (Å²) in [5, 5.41) is 20.0. The highest BCUT2D eigenvalue weighted by Gasteiger charge is 2.31. The SMILES string of the molecule is CCn1c(C)cc(O)c([C@@H](c2ccc(C)cc2)N2CCN(CCO)CC2)c1=O. The van der Waals surface area contributed by atoms with Crippen LogP contribution in [0.2, 0.25) is 0 Å². The lowest BCUT2D eigenvalue weighted by Crippen LogP contribution is -2.49. The van der Waals surface area contributed by atoms with Gasteiger partial charge in [-0.15, -0.1) is 0 Å². The van der Waals surface area contributed by atoms with Gasteiger partial charge in [-0.3, -0.25) is 14.6 Å². The number of hydrogen-bond donors (Lipinski definition) is 2. The lowest BCUT2D eigenvalue weighted by molar-refractivity contribution is 0.0932. The van der Waals surface area contributed by atoms with Gasteiger partial charge in [0.2, 0.25) is 0 Å². The molecule has 0 spiro atoms. The first-order valence-corrected chi connectivity index (χ1v) is 10.0. The Morgan fingerprint density at radius 3 is 2.29 bits per heavy atom. The molecular formula is C22H31N3O3. The van der Waals surface area contributed by atoms with E-state index in [0.29, 0.717) is 18.7 Å². The number of aryl methyl sites for hydroxylation is 2. The number of pyridine rings is 1. The first-order chi connectivity index (χ1) is 13.5. The summed E-state index contributed by atoms with van der Waals surface area (Å²) in [5.74, 6) is 0.0653. The normalized spacial score (nSPS) is 17.0. The van der Waals surface area contributed by atoms with Crippen LogP contribution in [-0.2, 0) is 6.54 Å². The second kappa shape index (κ2) is 8.90. The average molecular weight is 386 g/mol. The highest BCUT2D eigenvalue weighted by atomic mass is 16.3. The zero-order valence-corrected chi connectivity index (χ0v) is 17.1. The van der Waals surface area contributed by atoms with Gasteiger partial charge in [-0.25, -0.2) is 0 Å². The number of benzene rings is 1. The minimum Gasteiger partial charge on any atom is -0.507 e. The number of aliphatic hydroxyl groups is 1. The minimum atomic E-state index is -0.289. The summed E-state index contributed by atoms with van der Waals surface area (Å²) in [5.41, 5.74) is 3.27. The van der Waals surface area contributed by atoms with Gasteiger partial charge in [-0.2, -0.15) is 0 Å². The molecule has 6 heteroatoms. The van der Waals surface area contributed by atoms with Crippen molar-refractivity contribution in [3.63, 3.8) is 0 Å². The molecule has 28 heavy (non-hydrogen) atoms. The monoisotopic (exact) mass is 385 g/mol. The Bertz CT molecular complexity index is 853. The second-order valence-electron chi connectivity index (χ2n) is 7.55. The van der Waals surface area contributed by atoms with E-state index in [-0.39, 0.29) is 24.0 Å². The molecule has 1 aromatic heterocycles. The third-order valence-corrected chi connectivity index (χ3v) is 5.69. The number of β-amino-alcohol motifs (C(OH)–C–C–N with tert-alkyl or cyclic N) is 1. The van der Waals surface area contributed by atoms with E-state index in [9.17, 15) is 15.0 Å². The molecule has 152 valence electrons. The number of piperazine rings is 1. The van der Waals surface area contributed by atoms with Gasteiger partial charge in [0.05, 0.1) is 18.2 Å². The molecule has 1 saturated heterocycles. The summed E-state index contributed by atoms with van der Waals surface area (Å²) >= 11 is 0. The quantitative estimate of drug-likeness (QED) is 0.795. The molecule has 0 aliphatic carbocycles. The molecule has 2 heterocycles. The molecule has 1 fully saturated rings. The van der Waals surface area contributed by atoms with Crippen LogP contribution >= 0.6 is 0 Å². The third kappa shape index (κ3) is 4.14. The van der Waals surface area contributed by atoms with Crippen molar-refractivity contribution in [2.75, 3.05) is 39.3 Å². The van der Waals surface area contributed by atoms with E-state index in [4.69, 9.17) is 0 Å². The van der Waals surface area contributed by atoms with Crippen LogP contribution in [0.3, 0.4) is 0 Å². The maximum atomic E-state index is 13.3. The maximum absolute atomic E-state index is 13.3. The van der Waals surface area contributed by atoms with E-state index in [1.807, 2.05) is 32.9 Å². The van der Waals surface area contributed by atoms with E-state index in [0.717, 1.165) is 43.0 Å². The maximum Gasteiger partial charge on any atom is 0.259 e. The van der Waals surface area contributed by atoms with Crippen LogP contribution in [0.15, 0.2) is 35.1 Å². The van der Waals surface area contributed by atoms with Gasteiger partial charge in [-0.1, -0.05) is 29.8 Å². The summed E-state index contributed by atoms with van der Waals surface area (Å²) in [6, 6.07) is 9.61. The van der Waals surface area contributed by atoms with Crippen LogP contribution < -0.4 is 5.56 Å². The Morgan fingerprint density at radius 2 is 1.71 bits per heavy atom. The van der Waals surface area contributed by atoms with Crippen molar-refractivity contribution >= 4 is 0 Å². The first kappa shape index (κ1) is 20.6. The number of aliphatic hydroxyl groups excluding tert-OH is 1. The zero-order valence-electron chi connectivity index (χ0n) is 17.1. The van der Waals surface area contributed by atoms with Gasteiger partial charge in [0.25, 0.3) is 5.56 Å². The fraction of sp³-hybridized carbons (Fsp3) is 0.500. The second-order valence-corrected chi connectivity index (χ2v) is 7.55. The fourth-order valence-electron chi connectivity index (χ4n) is 4.11. The smallest absolute Gasteiger partial charge is 0.259 e. The number of hydrogen-bond acceptors (Lipinski definition) is 5. The van der Waals surface area contributed by atoms with E-state index in [1.54, 1.807) is 10.6 Å². The lowest BCUT2D eigenvalue weighted by Gasteiger charge is -2.39. The Kier molecular flexibility index (Phi) is 6.54. The molecule has 0 saturated carbocycles. The van der Waals surface area contributed by atoms with Crippen LogP contribution in [0, 0.1) is 13.8 Å². The first-order valence-electron chi connectivity index (χ1n) is 10.0. The van der Waals surface area contributed by atoms with E-state index in [1.165, 1.54) is 0 Å². The topological polar surface area (TPSA) is 68.9 Å². The predicted molar refractivity (Wildman–Crippen MR) is 111 cm³/mol. The van der Waals surface area contributed by atoms with Crippen molar-refractivity contribution < 1.29 is 10.2 Å². The molecule has 2 N–H and O–H groups in total. The molecular weight excluding hydrogens is 354 g/mol. The summed E-state index contributed by atoms with van der Waals surface area (Å²) in [7, 11) is 0. The van der Waals surface area contributed by atoms with Crippen LogP contribution in [0.5, 0.6) is 5.75 Å². The van der Waals surface area contributed by atoms with Crippen molar-refractivity contribution in [3.05, 3.63) is 63.1 Å². The fourth-order valence-corrected chi connectivity index (χ4v) is 4.11. The van der Waals surface area contributed by atoms with Crippen LogP contribution in [0.25, 0.3) is 0 Å². The van der Waals surface area contributed by atoms with Gasteiger partial charge in [0, 0.05) is 45.0 Å². The van der Waals surface area contributed by atoms with Crippen molar-refractivity contribution in [1.82, 2.24) is 14.4 Å². The Hall–Kier alpha value is -2.15. The standard InChI is InChI=1S/C22H31N3O3/c1-4-25-17(3)15-19(27)20(22(25)28)21(18-7-5-16(2)6-8-18)24-11-9-23(10-12-24)13-14-26/h5-8,15,21,26-27H,4,9-14H2,1-3H3/t21-/m1/s1. The largest absolute Gasteiger partial charge is 0.507 e. The summed E-state index contributed by atoms with van der Waals surface area (Å²) < 4.78 is 1.72. The molecule has 0 radical (unpaired) electrons. The predicted octanol–water partition coefficient (Wildman–Crippen LogP) is 1.89. The van der Waals surface area contributed by atoms with Gasteiger partial charge < -0.3 is 14.8 Å². The van der Waals surface area contributed by atoms with E-state index in [2.05, 4.69) is 21.9 Å². The van der Waals surface area contributed by atoms with Crippen molar-refractivity contribution in [1.29, 1.82) is 0 Å². The van der Waals surface area contributed by atoms with E-state index >= 15 is 0 Å². The van der Waals surface area contributed by atoms with Gasteiger partial charge in [-0.05, 0) is 32.4 Å². The lowest BCUT2D eigenvalue weighted by atomic mass is 9.95. The summed E-state index contributed by atoms with van der Waals surface area (Å²) in [6.45, 7) is 10.4.